The van der Waals surface area contributed by atoms with Crippen molar-refractivity contribution in [1.82, 2.24) is 0 Å². The van der Waals surface area contributed by atoms with Gasteiger partial charge in [-0.1, -0.05) is 20.8 Å². The van der Waals surface area contributed by atoms with Crippen molar-refractivity contribution in [1.29, 1.82) is 0 Å². The summed E-state index contributed by atoms with van der Waals surface area (Å²) in [5.74, 6) is 0. The number of rotatable bonds is 5. The molecule has 0 heterocycles. The molecule has 14 heavy (non-hydrogen) atoms. The molecule has 0 aromatic rings. The third kappa shape index (κ3) is 3.90. The van der Waals surface area contributed by atoms with E-state index in [0.717, 1.165) is 6.29 Å². The van der Waals surface area contributed by atoms with E-state index in [4.69, 9.17) is 9.16 Å². The molecule has 0 amide bonds. The molecule has 1 atom stereocenters. The minimum Gasteiger partial charge on any atom is -0.414 e. The van der Waals surface area contributed by atoms with E-state index >= 15 is 0 Å². The summed E-state index contributed by atoms with van der Waals surface area (Å²) in [5, 5.41) is 0.175. The molecule has 0 aliphatic carbocycles. The van der Waals surface area contributed by atoms with Crippen molar-refractivity contribution < 1.29 is 14.0 Å². The Labute approximate surface area is 87.9 Å². The molecule has 0 aliphatic heterocycles. The Balaban J connectivity index is 4.18. The van der Waals surface area contributed by atoms with E-state index in [-0.39, 0.29) is 5.04 Å². The smallest absolute Gasteiger partial charge is 0.192 e. The lowest BCUT2D eigenvalue weighted by Gasteiger charge is -2.36. The summed E-state index contributed by atoms with van der Waals surface area (Å²) in [4.78, 5) is 10.5. The van der Waals surface area contributed by atoms with E-state index in [9.17, 15) is 4.79 Å². The summed E-state index contributed by atoms with van der Waals surface area (Å²) in [5.41, 5.74) is 0. The fourth-order valence-electron chi connectivity index (χ4n) is 0.670. The molecule has 84 valence electrons. The molecule has 0 N–H and O–H groups in total. The predicted molar refractivity (Wildman–Crippen MR) is 60.0 cm³/mol. The van der Waals surface area contributed by atoms with Gasteiger partial charge in [0, 0.05) is 7.11 Å². The molecule has 0 radical (unpaired) electrons. The van der Waals surface area contributed by atoms with Gasteiger partial charge in [-0.15, -0.1) is 0 Å². The molecule has 4 heteroatoms. The Morgan fingerprint density at radius 3 is 2.14 bits per heavy atom. The molecule has 0 unspecified atom stereocenters. The molecule has 0 aromatic carbocycles. The van der Waals surface area contributed by atoms with Crippen LogP contribution in [0, 0.1) is 0 Å². The molecule has 0 spiro atoms. The Bertz CT molecular complexity index is 184. The van der Waals surface area contributed by atoms with Gasteiger partial charge in [0.05, 0.1) is 6.61 Å². The number of carbonyl (C=O) groups is 1. The SMILES string of the molecule is CO[C@H](C=O)CO[Si](C)(C)C(C)(C)C. The zero-order valence-corrected chi connectivity index (χ0v) is 11.1. The Morgan fingerprint density at radius 1 is 1.36 bits per heavy atom. The van der Waals surface area contributed by atoms with E-state index in [2.05, 4.69) is 33.9 Å². The van der Waals surface area contributed by atoms with Crippen molar-refractivity contribution in [2.75, 3.05) is 13.7 Å². The third-order valence-corrected chi connectivity index (χ3v) is 7.37. The van der Waals surface area contributed by atoms with E-state index in [1.807, 2.05) is 0 Å². The van der Waals surface area contributed by atoms with Gasteiger partial charge < -0.3 is 14.0 Å². The Morgan fingerprint density at radius 2 is 1.86 bits per heavy atom. The molecule has 0 bridgehead atoms. The molecular weight excluding hydrogens is 196 g/mol. The molecule has 0 saturated carbocycles. The quantitative estimate of drug-likeness (QED) is 0.524. The van der Waals surface area contributed by atoms with Crippen LogP contribution in [0.25, 0.3) is 0 Å². The lowest BCUT2D eigenvalue weighted by atomic mass is 10.2. The van der Waals surface area contributed by atoms with Gasteiger partial charge in [-0.05, 0) is 18.1 Å². The summed E-state index contributed by atoms with van der Waals surface area (Å²) < 4.78 is 10.8. The van der Waals surface area contributed by atoms with Gasteiger partial charge in [-0.2, -0.15) is 0 Å². The summed E-state index contributed by atoms with van der Waals surface area (Å²) in [6.07, 6.45) is 0.358. The van der Waals surface area contributed by atoms with Gasteiger partial charge in [-0.25, -0.2) is 0 Å². The maximum absolute atomic E-state index is 10.5. The van der Waals surface area contributed by atoms with Crippen LogP contribution in [0.5, 0.6) is 0 Å². The number of aldehydes is 1. The molecule has 3 nitrogen and oxygen atoms in total. The van der Waals surface area contributed by atoms with Crippen LogP contribution < -0.4 is 0 Å². The van der Waals surface area contributed by atoms with Gasteiger partial charge in [0.15, 0.2) is 14.6 Å². The summed E-state index contributed by atoms with van der Waals surface area (Å²) >= 11 is 0. The lowest BCUT2D eigenvalue weighted by Crippen LogP contribution is -2.43. The van der Waals surface area contributed by atoms with Crippen LogP contribution in [0.1, 0.15) is 20.8 Å². The molecule has 0 rings (SSSR count). The summed E-state index contributed by atoms with van der Waals surface area (Å²) in [6.45, 7) is 11.2. The number of ether oxygens (including phenoxy) is 1. The maximum atomic E-state index is 10.5. The monoisotopic (exact) mass is 218 g/mol. The molecule has 0 fully saturated rings. The highest BCUT2D eigenvalue weighted by Crippen LogP contribution is 2.36. The largest absolute Gasteiger partial charge is 0.414 e. The van der Waals surface area contributed by atoms with Gasteiger partial charge in [0.2, 0.25) is 0 Å². The fraction of sp³-hybridized carbons (Fsp3) is 0.900. The second kappa shape index (κ2) is 5.05. The van der Waals surface area contributed by atoms with Gasteiger partial charge in [0.1, 0.15) is 6.10 Å². The van der Waals surface area contributed by atoms with E-state index in [0.29, 0.717) is 6.61 Å². The summed E-state index contributed by atoms with van der Waals surface area (Å²) in [7, 11) is -0.217. The van der Waals surface area contributed by atoms with Crippen molar-refractivity contribution in [2.45, 2.75) is 45.0 Å². The topological polar surface area (TPSA) is 35.5 Å². The first kappa shape index (κ1) is 13.8. The van der Waals surface area contributed by atoms with Crippen LogP contribution in [-0.2, 0) is 14.0 Å². The highest BCUT2D eigenvalue weighted by molar-refractivity contribution is 6.74. The Hall–Kier alpha value is -0.193. The van der Waals surface area contributed by atoms with Gasteiger partial charge in [-0.3, -0.25) is 0 Å². The van der Waals surface area contributed by atoms with E-state index in [1.54, 1.807) is 0 Å². The van der Waals surface area contributed by atoms with E-state index in [1.165, 1.54) is 7.11 Å². The lowest BCUT2D eigenvalue weighted by molar-refractivity contribution is -0.118. The highest BCUT2D eigenvalue weighted by atomic mass is 28.4. The predicted octanol–water partition coefficient (Wildman–Crippen LogP) is 2.22. The molecule has 0 aliphatic rings. The fourth-order valence-corrected chi connectivity index (χ4v) is 1.68. The summed E-state index contributed by atoms with van der Waals surface area (Å²) in [6, 6.07) is 0. The van der Waals surface area contributed by atoms with Crippen molar-refractivity contribution in [3.05, 3.63) is 0 Å². The normalized spacial score (nSPS) is 15.3. The van der Waals surface area contributed by atoms with Crippen LogP contribution in [0.2, 0.25) is 18.1 Å². The first-order chi connectivity index (χ1) is 6.24. The minimum atomic E-state index is -1.74. The minimum absolute atomic E-state index is 0.175. The standard InChI is InChI=1S/C10H22O3Si/c1-10(2,3)14(5,6)13-8-9(7-11)12-4/h7,9H,8H2,1-6H3/t9-/m1/s1. The van der Waals surface area contributed by atoms with Crippen LogP contribution in [-0.4, -0.2) is 34.4 Å². The zero-order chi connectivity index (χ0) is 11.4. The number of hydrogen-bond donors (Lipinski definition) is 0. The van der Waals surface area contributed by atoms with Crippen LogP contribution in [0.15, 0.2) is 0 Å². The van der Waals surface area contributed by atoms with Crippen molar-refractivity contribution in [3.8, 4) is 0 Å². The van der Waals surface area contributed by atoms with E-state index < -0.39 is 14.4 Å². The zero-order valence-electron chi connectivity index (χ0n) is 10.1. The first-order valence-corrected chi connectivity index (χ1v) is 7.77. The Kier molecular flexibility index (Phi) is 4.98. The molecule has 0 saturated heterocycles. The molecular formula is C10H22O3Si. The molecule has 0 aromatic heterocycles. The third-order valence-electron chi connectivity index (χ3n) is 2.87. The maximum Gasteiger partial charge on any atom is 0.192 e. The first-order valence-electron chi connectivity index (χ1n) is 4.86. The van der Waals surface area contributed by atoms with Crippen LogP contribution in [0.3, 0.4) is 0 Å². The van der Waals surface area contributed by atoms with Crippen LogP contribution >= 0.6 is 0 Å². The highest BCUT2D eigenvalue weighted by Gasteiger charge is 2.37. The second-order valence-electron chi connectivity index (χ2n) is 4.98. The number of hydrogen-bond acceptors (Lipinski definition) is 3. The van der Waals surface area contributed by atoms with Gasteiger partial charge >= 0.3 is 0 Å². The average Bonchev–Trinajstić information content (AvgIpc) is 2.04. The van der Waals surface area contributed by atoms with Crippen LogP contribution in [0.4, 0.5) is 0 Å². The van der Waals surface area contributed by atoms with Crippen molar-refractivity contribution >= 4 is 14.6 Å². The average molecular weight is 218 g/mol. The number of carbonyl (C=O) groups excluding carboxylic acids is 1. The van der Waals surface area contributed by atoms with Gasteiger partial charge in [0.25, 0.3) is 0 Å². The number of methoxy groups -OCH3 is 1. The second-order valence-corrected chi connectivity index (χ2v) is 9.79. The van der Waals surface area contributed by atoms with Crippen molar-refractivity contribution in [3.63, 3.8) is 0 Å². The van der Waals surface area contributed by atoms with Crippen molar-refractivity contribution in [2.24, 2.45) is 0 Å².